The van der Waals surface area contributed by atoms with Crippen LogP contribution in [0.2, 0.25) is 0 Å². The van der Waals surface area contributed by atoms with Gasteiger partial charge in [0.05, 0.1) is 0 Å². The number of alkyl halides is 1. The Hall–Kier alpha value is -0.0700. The summed E-state index contributed by atoms with van der Waals surface area (Å²) in [5, 5.41) is 0. The Kier molecular flexibility index (Phi) is 0.440. The molecule has 1 aliphatic carbocycles. The lowest BCUT2D eigenvalue weighted by molar-refractivity contribution is 0.454. The zero-order valence-corrected chi connectivity index (χ0v) is 3.24. The second-order valence-corrected chi connectivity index (χ2v) is 1.73. The van der Waals surface area contributed by atoms with Crippen LogP contribution in [0.4, 0.5) is 4.39 Å². The Labute approximate surface area is 31.0 Å². The molecule has 1 heteroatoms. The van der Waals surface area contributed by atoms with Crippen molar-refractivity contribution >= 4 is 0 Å². The van der Waals surface area contributed by atoms with E-state index in [0.29, 0.717) is 5.92 Å². The third kappa shape index (κ3) is 0.416. The standard InChI is InChI=1S/C4H7F/c1-3-2-4(3)5/h3-4H,2H2,1H3/t3-,4-/m1/s1. The molecule has 2 atom stereocenters. The first-order valence-corrected chi connectivity index (χ1v) is 1.95. The normalized spacial score (nSPS) is 49.2. The summed E-state index contributed by atoms with van der Waals surface area (Å²) in [6, 6.07) is 0. The molecule has 0 unspecified atom stereocenters. The van der Waals surface area contributed by atoms with Gasteiger partial charge >= 0.3 is 0 Å². The molecule has 0 N–H and O–H groups in total. The second-order valence-electron chi connectivity index (χ2n) is 1.73. The smallest absolute Gasteiger partial charge is 0.103 e. The largest absolute Gasteiger partial charge is 0.247 e. The summed E-state index contributed by atoms with van der Waals surface area (Å²) in [6.45, 7) is 1.92. The highest BCUT2D eigenvalue weighted by Crippen LogP contribution is 2.32. The van der Waals surface area contributed by atoms with Crippen LogP contribution in [0.3, 0.4) is 0 Å². The molecule has 0 spiro atoms. The molecule has 1 rings (SSSR count). The number of halogens is 1. The van der Waals surface area contributed by atoms with Crippen molar-refractivity contribution in [3.63, 3.8) is 0 Å². The molecule has 0 aromatic heterocycles. The van der Waals surface area contributed by atoms with Gasteiger partial charge in [-0.3, -0.25) is 0 Å². The van der Waals surface area contributed by atoms with Crippen molar-refractivity contribution in [3.05, 3.63) is 0 Å². The molecule has 0 aromatic rings. The van der Waals surface area contributed by atoms with Crippen LogP contribution in [0, 0.1) is 5.92 Å². The molecule has 0 aromatic carbocycles. The molecule has 5 heavy (non-hydrogen) atoms. The van der Waals surface area contributed by atoms with Crippen LogP contribution in [-0.2, 0) is 0 Å². The van der Waals surface area contributed by atoms with E-state index < -0.39 is 6.17 Å². The Bertz CT molecular complexity index is 36.9. The zero-order valence-electron chi connectivity index (χ0n) is 3.24. The van der Waals surface area contributed by atoms with Crippen LogP contribution in [0.1, 0.15) is 13.3 Å². The van der Waals surface area contributed by atoms with Crippen LogP contribution in [0.15, 0.2) is 0 Å². The highest BCUT2D eigenvalue weighted by molar-refractivity contribution is 4.81. The van der Waals surface area contributed by atoms with Crippen molar-refractivity contribution in [3.8, 4) is 0 Å². The van der Waals surface area contributed by atoms with Crippen LogP contribution in [0.5, 0.6) is 0 Å². The Balaban J connectivity index is 2.20. The molecule has 0 heterocycles. The van der Waals surface area contributed by atoms with Gasteiger partial charge in [-0.05, 0) is 12.3 Å². The summed E-state index contributed by atoms with van der Waals surface area (Å²) in [4.78, 5) is 0. The summed E-state index contributed by atoms with van der Waals surface area (Å²) < 4.78 is 11.5. The van der Waals surface area contributed by atoms with Gasteiger partial charge in [-0.15, -0.1) is 0 Å². The van der Waals surface area contributed by atoms with E-state index in [4.69, 9.17) is 0 Å². The maximum atomic E-state index is 11.5. The van der Waals surface area contributed by atoms with Gasteiger partial charge < -0.3 is 0 Å². The third-order valence-corrected chi connectivity index (χ3v) is 1.01. The van der Waals surface area contributed by atoms with Crippen LogP contribution < -0.4 is 0 Å². The van der Waals surface area contributed by atoms with E-state index in [1.165, 1.54) is 0 Å². The van der Waals surface area contributed by atoms with Crippen LogP contribution in [-0.4, -0.2) is 6.17 Å². The van der Waals surface area contributed by atoms with Crippen molar-refractivity contribution in [2.24, 2.45) is 5.92 Å². The molecule has 0 saturated heterocycles. The maximum Gasteiger partial charge on any atom is 0.103 e. The second kappa shape index (κ2) is 0.703. The monoisotopic (exact) mass is 74.1 g/mol. The molecular weight excluding hydrogens is 67.0 g/mol. The summed E-state index contributed by atoms with van der Waals surface area (Å²) >= 11 is 0. The molecule has 30 valence electrons. The topological polar surface area (TPSA) is 0 Å². The van der Waals surface area contributed by atoms with Gasteiger partial charge in [-0.1, -0.05) is 6.92 Å². The molecule has 1 fully saturated rings. The van der Waals surface area contributed by atoms with Gasteiger partial charge in [-0.2, -0.15) is 0 Å². The van der Waals surface area contributed by atoms with E-state index in [9.17, 15) is 4.39 Å². The van der Waals surface area contributed by atoms with Crippen LogP contribution in [0.25, 0.3) is 0 Å². The van der Waals surface area contributed by atoms with Gasteiger partial charge in [0.1, 0.15) is 6.17 Å². The molecule has 1 saturated carbocycles. The molecule has 0 radical (unpaired) electrons. The van der Waals surface area contributed by atoms with Gasteiger partial charge in [-0.25, -0.2) is 4.39 Å². The molecule has 0 nitrogen and oxygen atoms in total. The van der Waals surface area contributed by atoms with E-state index in [1.807, 2.05) is 6.92 Å². The van der Waals surface area contributed by atoms with Crippen molar-refractivity contribution in [2.75, 3.05) is 0 Å². The van der Waals surface area contributed by atoms with E-state index in [2.05, 4.69) is 0 Å². The van der Waals surface area contributed by atoms with E-state index >= 15 is 0 Å². The summed E-state index contributed by atoms with van der Waals surface area (Å²) in [6.07, 6.45) is 0.356. The van der Waals surface area contributed by atoms with Gasteiger partial charge in [0.25, 0.3) is 0 Å². The lowest BCUT2D eigenvalue weighted by atomic mass is 10.5. The zero-order chi connectivity index (χ0) is 3.86. The third-order valence-electron chi connectivity index (χ3n) is 1.01. The Morgan fingerprint density at radius 3 is 2.00 bits per heavy atom. The summed E-state index contributed by atoms with van der Waals surface area (Å²) in [7, 11) is 0. The minimum absolute atomic E-state index is 0.384. The SMILES string of the molecule is C[C@@H]1C[C@H]1F. The van der Waals surface area contributed by atoms with Crippen LogP contribution >= 0.6 is 0 Å². The fourth-order valence-electron chi connectivity index (χ4n) is 0.277. The van der Waals surface area contributed by atoms with Crippen molar-refractivity contribution in [1.29, 1.82) is 0 Å². The average Bonchev–Trinajstić information content (AvgIpc) is 1.79. The minimum atomic E-state index is -0.449. The summed E-state index contributed by atoms with van der Waals surface area (Å²) in [5.41, 5.74) is 0. The fourth-order valence-corrected chi connectivity index (χ4v) is 0.277. The van der Waals surface area contributed by atoms with E-state index in [0.717, 1.165) is 6.42 Å². The van der Waals surface area contributed by atoms with Crippen molar-refractivity contribution < 1.29 is 4.39 Å². The minimum Gasteiger partial charge on any atom is -0.247 e. The highest BCUT2D eigenvalue weighted by Gasteiger charge is 2.31. The number of hydrogen-bond donors (Lipinski definition) is 0. The number of rotatable bonds is 0. The molecular formula is C4H7F. The first-order chi connectivity index (χ1) is 2.30. The highest BCUT2D eigenvalue weighted by atomic mass is 19.1. The molecule has 0 aliphatic heterocycles. The lowest BCUT2D eigenvalue weighted by Gasteiger charge is -1.63. The molecule has 0 bridgehead atoms. The summed E-state index contributed by atoms with van der Waals surface area (Å²) in [5.74, 6) is 0.384. The predicted molar refractivity (Wildman–Crippen MR) is 18.7 cm³/mol. The van der Waals surface area contributed by atoms with Gasteiger partial charge in [0.2, 0.25) is 0 Å². The lowest BCUT2D eigenvalue weighted by Crippen LogP contribution is -1.63. The van der Waals surface area contributed by atoms with Crippen molar-refractivity contribution in [1.82, 2.24) is 0 Å². The Morgan fingerprint density at radius 1 is 1.80 bits per heavy atom. The molecule has 1 aliphatic rings. The maximum absolute atomic E-state index is 11.5. The average molecular weight is 74.1 g/mol. The van der Waals surface area contributed by atoms with E-state index in [-0.39, 0.29) is 0 Å². The number of hydrogen-bond acceptors (Lipinski definition) is 0. The van der Waals surface area contributed by atoms with Crippen molar-refractivity contribution in [2.45, 2.75) is 19.5 Å². The quantitative estimate of drug-likeness (QED) is 0.407. The molecule has 0 amide bonds. The van der Waals surface area contributed by atoms with E-state index in [1.54, 1.807) is 0 Å². The van der Waals surface area contributed by atoms with Gasteiger partial charge in [0.15, 0.2) is 0 Å². The predicted octanol–water partition coefficient (Wildman–Crippen LogP) is 1.36. The first-order valence-electron chi connectivity index (χ1n) is 1.95. The first kappa shape index (κ1) is 3.13. The Morgan fingerprint density at radius 2 is 2.00 bits per heavy atom. The van der Waals surface area contributed by atoms with Gasteiger partial charge in [0, 0.05) is 0 Å². The fraction of sp³-hybridized carbons (Fsp3) is 1.00.